The van der Waals surface area contributed by atoms with E-state index in [1.807, 2.05) is 49.4 Å². The number of hydrogen-bond donors (Lipinski definition) is 1. The third kappa shape index (κ3) is 2.22. The van der Waals surface area contributed by atoms with Gasteiger partial charge in [-0.2, -0.15) is 0 Å². The molecule has 0 saturated heterocycles. The van der Waals surface area contributed by atoms with E-state index in [0.717, 1.165) is 15.4 Å². The van der Waals surface area contributed by atoms with Crippen LogP contribution in [0.3, 0.4) is 0 Å². The molecular formula is C16H12BrNO. The van der Waals surface area contributed by atoms with Gasteiger partial charge in [-0.25, -0.2) is 0 Å². The highest BCUT2D eigenvalue weighted by Crippen LogP contribution is 2.23. The molecule has 3 rings (SSSR count). The molecule has 2 nitrogen and oxygen atoms in total. The maximum Gasteiger partial charge on any atom is 0.195 e. The Balaban J connectivity index is 2.12. The first-order valence-corrected chi connectivity index (χ1v) is 6.82. The molecule has 0 unspecified atom stereocenters. The van der Waals surface area contributed by atoms with Crippen LogP contribution in [0, 0.1) is 6.92 Å². The molecule has 19 heavy (non-hydrogen) atoms. The summed E-state index contributed by atoms with van der Waals surface area (Å²) in [6.07, 6.45) is 1.79. The van der Waals surface area contributed by atoms with Crippen molar-refractivity contribution in [1.82, 2.24) is 4.98 Å². The van der Waals surface area contributed by atoms with E-state index in [1.165, 1.54) is 5.56 Å². The molecule has 0 aliphatic rings. The number of aryl methyl sites for hydroxylation is 1. The van der Waals surface area contributed by atoms with E-state index < -0.39 is 0 Å². The summed E-state index contributed by atoms with van der Waals surface area (Å²) in [5.74, 6) is 0.0383. The van der Waals surface area contributed by atoms with Crippen molar-refractivity contribution in [2.75, 3.05) is 0 Å². The number of carbonyl (C=O) groups is 1. The van der Waals surface area contributed by atoms with Crippen LogP contribution in [0.15, 0.2) is 53.1 Å². The highest BCUT2D eigenvalue weighted by atomic mass is 79.9. The van der Waals surface area contributed by atoms with Gasteiger partial charge in [0.2, 0.25) is 0 Å². The number of carbonyl (C=O) groups excluding carboxylic acids is 1. The van der Waals surface area contributed by atoms with Gasteiger partial charge in [0.25, 0.3) is 0 Å². The van der Waals surface area contributed by atoms with E-state index in [2.05, 4.69) is 20.9 Å². The first-order chi connectivity index (χ1) is 9.15. The van der Waals surface area contributed by atoms with Gasteiger partial charge in [0.15, 0.2) is 5.78 Å². The number of aromatic nitrogens is 1. The molecule has 0 atom stereocenters. The van der Waals surface area contributed by atoms with Crippen LogP contribution in [0.2, 0.25) is 0 Å². The number of aromatic amines is 1. The van der Waals surface area contributed by atoms with Crippen LogP contribution in [0.4, 0.5) is 0 Å². The van der Waals surface area contributed by atoms with Crippen molar-refractivity contribution in [3.63, 3.8) is 0 Å². The largest absolute Gasteiger partial charge is 0.360 e. The number of fused-ring (bicyclic) bond motifs is 1. The fourth-order valence-corrected chi connectivity index (χ4v) is 2.61. The minimum Gasteiger partial charge on any atom is -0.360 e. The minimum atomic E-state index is 0.0383. The van der Waals surface area contributed by atoms with Gasteiger partial charge >= 0.3 is 0 Å². The van der Waals surface area contributed by atoms with E-state index in [9.17, 15) is 4.79 Å². The van der Waals surface area contributed by atoms with Crippen LogP contribution < -0.4 is 0 Å². The standard InChI is InChI=1S/C16H12BrNO/c1-10-5-6-13-14(9-18-15(13)7-10)16(19)11-3-2-4-12(17)8-11/h2-9,18H,1H3. The molecule has 0 saturated carbocycles. The number of rotatable bonds is 2. The normalized spacial score (nSPS) is 10.8. The summed E-state index contributed by atoms with van der Waals surface area (Å²) in [6.45, 7) is 2.04. The van der Waals surface area contributed by atoms with Gasteiger partial charge in [0, 0.05) is 32.7 Å². The third-order valence-electron chi connectivity index (χ3n) is 3.17. The van der Waals surface area contributed by atoms with Gasteiger partial charge in [0.1, 0.15) is 0 Å². The van der Waals surface area contributed by atoms with Crippen molar-refractivity contribution >= 4 is 32.6 Å². The van der Waals surface area contributed by atoms with Gasteiger partial charge in [0.05, 0.1) is 0 Å². The molecule has 2 aromatic carbocycles. The molecule has 0 spiro atoms. The first-order valence-electron chi connectivity index (χ1n) is 6.03. The smallest absolute Gasteiger partial charge is 0.195 e. The zero-order valence-electron chi connectivity index (χ0n) is 10.4. The third-order valence-corrected chi connectivity index (χ3v) is 3.66. The Labute approximate surface area is 119 Å². The summed E-state index contributed by atoms with van der Waals surface area (Å²) < 4.78 is 0.911. The van der Waals surface area contributed by atoms with Crippen LogP contribution in [0.1, 0.15) is 21.5 Å². The molecule has 0 radical (unpaired) electrons. The van der Waals surface area contributed by atoms with E-state index in [4.69, 9.17) is 0 Å². The van der Waals surface area contributed by atoms with Crippen molar-refractivity contribution < 1.29 is 4.79 Å². The Morgan fingerprint density at radius 2 is 2.00 bits per heavy atom. The molecule has 3 aromatic rings. The fourth-order valence-electron chi connectivity index (χ4n) is 2.21. The van der Waals surface area contributed by atoms with Crippen LogP contribution in [0.25, 0.3) is 10.9 Å². The van der Waals surface area contributed by atoms with Crippen LogP contribution in [0.5, 0.6) is 0 Å². The predicted molar refractivity (Wildman–Crippen MR) is 80.6 cm³/mol. The zero-order valence-corrected chi connectivity index (χ0v) is 12.0. The minimum absolute atomic E-state index is 0.0383. The molecule has 1 N–H and O–H groups in total. The monoisotopic (exact) mass is 313 g/mol. The van der Waals surface area contributed by atoms with Crippen molar-refractivity contribution in [3.05, 3.63) is 69.8 Å². The van der Waals surface area contributed by atoms with Gasteiger partial charge in [-0.05, 0) is 30.7 Å². The molecule has 0 aliphatic carbocycles. The first kappa shape index (κ1) is 12.2. The molecule has 0 bridgehead atoms. The Kier molecular flexibility index (Phi) is 2.99. The van der Waals surface area contributed by atoms with E-state index in [0.29, 0.717) is 11.1 Å². The van der Waals surface area contributed by atoms with Gasteiger partial charge in [-0.15, -0.1) is 0 Å². The summed E-state index contributed by atoms with van der Waals surface area (Å²) in [7, 11) is 0. The Hall–Kier alpha value is -1.87. The molecule has 1 heterocycles. The lowest BCUT2D eigenvalue weighted by Gasteiger charge is -2.01. The lowest BCUT2D eigenvalue weighted by atomic mass is 10.0. The SMILES string of the molecule is Cc1ccc2c(C(=O)c3cccc(Br)c3)c[nH]c2c1. The summed E-state index contributed by atoms with van der Waals surface area (Å²) in [6, 6.07) is 13.5. The molecule has 0 fully saturated rings. The maximum atomic E-state index is 12.5. The van der Waals surface area contributed by atoms with Crippen molar-refractivity contribution in [2.45, 2.75) is 6.92 Å². The van der Waals surface area contributed by atoms with Gasteiger partial charge in [-0.1, -0.05) is 40.2 Å². The average Bonchev–Trinajstić information content (AvgIpc) is 2.80. The summed E-state index contributed by atoms with van der Waals surface area (Å²) >= 11 is 3.39. The van der Waals surface area contributed by atoms with Crippen molar-refractivity contribution in [3.8, 4) is 0 Å². The Morgan fingerprint density at radius 1 is 1.16 bits per heavy atom. The van der Waals surface area contributed by atoms with E-state index in [-0.39, 0.29) is 5.78 Å². The second-order valence-corrected chi connectivity index (χ2v) is 5.51. The van der Waals surface area contributed by atoms with Crippen LogP contribution >= 0.6 is 15.9 Å². The number of nitrogens with one attached hydrogen (secondary N) is 1. The summed E-state index contributed by atoms with van der Waals surface area (Å²) in [5.41, 5.74) is 3.58. The van der Waals surface area contributed by atoms with E-state index in [1.54, 1.807) is 6.20 Å². The van der Waals surface area contributed by atoms with Gasteiger partial charge in [-0.3, -0.25) is 4.79 Å². The van der Waals surface area contributed by atoms with Crippen LogP contribution in [-0.4, -0.2) is 10.8 Å². The predicted octanol–water partition coefficient (Wildman–Crippen LogP) is 4.47. The molecular weight excluding hydrogens is 302 g/mol. The Bertz CT molecular complexity index is 773. The number of hydrogen-bond acceptors (Lipinski definition) is 1. The molecule has 3 heteroatoms. The quantitative estimate of drug-likeness (QED) is 0.696. The maximum absolute atomic E-state index is 12.5. The average molecular weight is 314 g/mol. The van der Waals surface area contributed by atoms with Crippen molar-refractivity contribution in [2.24, 2.45) is 0 Å². The summed E-state index contributed by atoms with van der Waals surface area (Å²) in [4.78, 5) is 15.7. The highest BCUT2D eigenvalue weighted by molar-refractivity contribution is 9.10. The second kappa shape index (κ2) is 4.67. The van der Waals surface area contributed by atoms with E-state index >= 15 is 0 Å². The summed E-state index contributed by atoms with van der Waals surface area (Å²) in [5, 5.41) is 0.968. The highest BCUT2D eigenvalue weighted by Gasteiger charge is 2.14. The molecule has 94 valence electrons. The lowest BCUT2D eigenvalue weighted by molar-refractivity contribution is 0.104. The lowest BCUT2D eigenvalue weighted by Crippen LogP contribution is -1.99. The number of halogens is 1. The number of H-pyrrole nitrogens is 1. The second-order valence-electron chi connectivity index (χ2n) is 4.59. The van der Waals surface area contributed by atoms with Crippen LogP contribution in [-0.2, 0) is 0 Å². The molecule has 0 amide bonds. The number of benzene rings is 2. The number of ketones is 1. The topological polar surface area (TPSA) is 32.9 Å². The molecule has 1 aromatic heterocycles. The van der Waals surface area contributed by atoms with Gasteiger partial charge < -0.3 is 4.98 Å². The zero-order chi connectivity index (χ0) is 13.4. The fraction of sp³-hybridized carbons (Fsp3) is 0.0625. The Morgan fingerprint density at radius 3 is 2.79 bits per heavy atom. The van der Waals surface area contributed by atoms with Crippen molar-refractivity contribution in [1.29, 1.82) is 0 Å². The molecule has 0 aliphatic heterocycles.